The maximum Gasteiger partial charge on any atom is 0.236 e. The third-order valence-corrected chi connectivity index (χ3v) is 3.03. The van der Waals surface area contributed by atoms with E-state index in [4.69, 9.17) is 5.11 Å². The van der Waals surface area contributed by atoms with Crippen molar-refractivity contribution in [3.8, 4) is 5.75 Å². The molecule has 1 fully saturated rings. The van der Waals surface area contributed by atoms with E-state index in [2.05, 4.69) is 15.5 Å². The van der Waals surface area contributed by atoms with E-state index < -0.39 is 0 Å². The molecule has 17 heavy (non-hydrogen) atoms. The van der Waals surface area contributed by atoms with Gasteiger partial charge in [-0.1, -0.05) is 11.8 Å². The predicted octanol–water partition coefficient (Wildman–Crippen LogP) is 1.34. The van der Waals surface area contributed by atoms with Crippen LogP contribution in [0, 0.1) is 0 Å². The second-order valence-electron chi connectivity index (χ2n) is 3.47. The maximum absolute atomic E-state index is 10.9. The molecule has 0 unspecified atom stereocenters. The van der Waals surface area contributed by atoms with Gasteiger partial charge in [0.25, 0.3) is 0 Å². The van der Waals surface area contributed by atoms with Crippen molar-refractivity contribution in [2.45, 2.75) is 6.92 Å². The van der Waals surface area contributed by atoms with Crippen LogP contribution in [-0.2, 0) is 4.79 Å². The lowest BCUT2D eigenvalue weighted by Gasteiger charge is -1.98. The number of carbonyl (C=O) groups is 1. The molecule has 2 N–H and O–H groups in total. The van der Waals surface area contributed by atoms with Gasteiger partial charge in [0.1, 0.15) is 5.75 Å². The third kappa shape index (κ3) is 3.07. The van der Waals surface area contributed by atoms with Crippen LogP contribution in [0.1, 0.15) is 12.5 Å². The van der Waals surface area contributed by atoms with Gasteiger partial charge in [0.15, 0.2) is 5.17 Å². The highest BCUT2D eigenvalue weighted by molar-refractivity contribution is 8.15. The molecule has 0 spiro atoms. The van der Waals surface area contributed by atoms with E-state index in [-0.39, 0.29) is 11.7 Å². The van der Waals surface area contributed by atoms with E-state index in [0.29, 0.717) is 10.9 Å². The summed E-state index contributed by atoms with van der Waals surface area (Å²) in [5.74, 6) is 0.560. The lowest BCUT2D eigenvalue weighted by Crippen LogP contribution is -2.19. The number of nitrogens with zero attached hydrogens (tertiary/aromatic N) is 2. The summed E-state index contributed by atoms with van der Waals surface area (Å²) in [6.07, 6.45) is 0. The van der Waals surface area contributed by atoms with Crippen LogP contribution in [-0.4, -0.2) is 27.6 Å². The first-order valence-electron chi connectivity index (χ1n) is 4.99. The summed E-state index contributed by atoms with van der Waals surface area (Å²) in [5.41, 5.74) is 1.60. The fourth-order valence-corrected chi connectivity index (χ4v) is 1.88. The molecule has 1 amide bonds. The van der Waals surface area contributed by atoms with Gasteiger partial charge < -0.3 is 10.4 Å². The molecule has 0 aromatic heterocycles. The molecule has 1 aromatic rings. The van der Waals surface area contributed by atoms with Gasteiger partial charge in [-0.2, -0.15) is 5.10 Å². The quantitative estimate of drug-likeness (QED) is 0.613. The zero-order chi connectivity index (χ0) is 12.3. The minimum absolute atomic E-state index is 0.0498. The molecule has 5 nitrogen and oxygen atoms in total. The van der Waals surface area contributed by atoms with Crippen molar-refractivity contribution in [3.63, 3.8) is 0 Å². The highest BCUT2D eigenvalue weighted by atomic mass is 32.2. The fraction of sp³-hybridized carbons (Fsp3) is 0.182. The molecule has 88 valence electrons. The van der Waals surface area contributed by atoms with Crippen molar-refractivity contribution < 1.29 is 9.90 Å². The minimum atomic E-state index is -0.0498. The first-order chi connectivity index (χ1) is 8.15. The van der Waals surface area contributed by atoms with E-state index in [1.807, 2.05) is 6.92 Å². The maximum atomic E-state index is 10.9. The number of thioether (sulfide) groups is 1. The molecule has 6 heteroatoms. The van der Waals surface area contributed by atoms with Crippen molar-refractivity contribution in [1.82, 2.24) is 5.32 Å². The Labute approximate surface area is 103 Å². The summed E-state index contributed by atoms with van der Waals surface area (Å²) < 4.78 is 0. The van der Waals surface area contributed by atoms with Gasteiger partial charge in [-0.15, -0.1) is 5.10 Å². The van der Waals surface area contributed by atoms with Crippen LogP contribution in [0.2, 0.25) is 0 Å². The molecular weight excluding hydrogens is 238 g/mol. The Morgan fingerprint density at radius 2 is 2.12 bits per heavy atom. The third-order valence-electron chi connectivity index (χ3n) is 2.16. The summed E-state index contributed by atoms with van der Waals surface area (Å²) in [6.45, 7) is 1.82. The Bertz CT molecular complexity index is 494. The molecule has 2 rings (SSSR count). The second kappa shape index (κ2) is 5.01. The van der Waals surface area contributed by atoms with Crippen LogP contribution in [0.25, 0.3) is 0 Å². The van der Waals surface area contributed by atoms with Crippen LogP contribution >= 0.6 is 11.8 Å². The molecule has 1 aliphatic rings. The number of phenolic OH excluding ortho intramolecular Hbond substituents is 1. The molecule has 0 aliphatic carbocycles. The van der Waals surface area contributed by atoms with E-state index >= 15 is 0 Å². The van der Waals surface area contributed by atoms with Gasteiger partial charge in [-0.25, -0.2) is 0 Å². The normalized spacial score (nSPS) is 18.5. The van der Waals surface area contributed by atoms with Crippen LogP contribution in [0.3, 0.4) is 0 Å². The van der Waals surface area contributed by atoms with Gasteiger partial charge in [-0.3, -0.25) is 4.79 Å². The molecule has 1 heterocycles. The average Bonchev–Trinajstić information content (AvgIpc) is 2.73. The number of carbonyl (C=O) groups excluding carboxylic acids is 1. The molecule has 1 aliphatic heterocycles. The van der Waals surface area contributed by atoms with Crippen molar-refractivity contribution in [2.75, 3.05) is 5.75 Å². The summed E-state index contributed by atoms with van der Waals surface area (Å²) in [7, 11) is 0. The van der Waals surface area contributed by atoms with Crippen molar-refractivity contribution in [3.05, 3.63) is 29.8 Å². The largest absolute Gasteiger partial charge is 0.508 e. The molecule has 1 saturated heterocycles. The number of hydrogen-bond donors (Lipinski definition) is 2. The highest BCUT2D eigenvalue weighted by Crippen LogP contribution is 2.12. The Hall–Kier alpha value is -1.82. The van der Waals surface area contributed by atoms with Gasteiger partial charge >= 0.3 is 0 Å². The topological polar surface area (TPSA) is 74.0 Å². The number of nitrogens with one attached hydrogen (secondary N) is 1. The molecule has 0 radical (unpaired) electrons. The Morgan fingerprint density at radius 3 is 2.71 bits per heavy atom. The van der Waals surface area contributed by atoms with E-state index in [1.165, 1.54) is 11.8 Å². The number of aromatic hydroxyl groups is 1. The minimum Gasteiger partial charge on any atom is -0.508 e. The lowest BCUT2D eigenvalue weighted by molar-refractivity contribution is -0.116. The van der Waals surface area contributed by atoms with Crippen molar-refractivity contribution in [2.24, 2.45) is 10.2 Å². The molecule has 0 atom stereocenters. The van der Waals surface area contributed by atoms with Crippen LogP contribution in [0.5, 0.6) is 5.75 Å². The van der Waals surface area contributed by atoms with Crippen LogP contribution < -0.4 is 5.32 Å². The second-order valence-corrected chi connectivity index (χ2v) is 4.44. The number of amidine groups is 1. The lowest BCUT2D eigenvalue weighted by atomic mass is 10.1. The van der Waals surface area contributed by atoms with Crippen LogP contribution in [0.4, 0.5) is 0 Å². The Kier molecular flexibility index (Phi) is 3.43. The number of amides is 1. The van der Waals surface area contributed by atoms with Gasteiger partial charge in [0.2, 0.25) is 5.91 Å². The van der Waals surface area contributed by atoms with E-state index in [9.17, 15) is 4.79 Å². The van der Waals surface area contributed by atoms with E-state index in [1.54, 1.807) is 24.3 Å². The van der Waals surface area contributed by atoms with Gasteiger partial charge in [0, 0.05) is 0 Å². The monoisotopic (exact) mass is 249 g/mol. The zero-order valence-electron chi connectivity index (χ0n) is 9.17. The summed E-state index contributed by atoms with van der Waals surface area (Å²) in [4.78, 5) is 10.9. The Balaban J connectivity index is 2.12. The fourth-order valence-electron chi connectivity index (χ4n) is 1.26. The number of benzene rings is 1. The SMILES string of the molecule is CC(=NN=C1NC(=O)CS1)c1ccc(O)cc1. The zero-order valence-corrected chi connectivity index (χ0v) is 9.99. The van der Waals surface area contributed by atoms with E-state index in [0.717, 1.165) is 11.3 Å². The summed E-state index contributed by atoms with van der Waals surface area (Å²) in [6, 6.07) is 6.70. The number of hydrogen-bond acceptors (Lipinski definition) is 5. The van der Waals surface area contributed by atoms with Gasteiger partial charge in [0.05, 0.1) is 11.5 Å². The highest BCUT2D eigenvalue weighted by Gasteiger charge is 2.16. The van der Waals surface area contributed by atoms with Crippen molar-refractivity contribution in [1.29, 1.82) is 0 Å². The number of phenols is 1. The molecule has 0 bridgehead atoms. The van der Waals surface area contributed by atoms with Crippen LogP contribution in [0.15, 0.2) is 34.5 Å². The first kappa shape index (κ1) is 11.7. The Morgan fingerprint density at radius 1 is 1.41 bits per heavy atom. The molecule has 1 aromatic carbocycles. The molecule has 0 saturated carbocycles. The van der Waals surface area contributed by atoms with Gasteiger partial charge in [-0.05, 0) is 36.8 Å². The first-order valence-corrected chi connectivity index (χ1v) is 5.98. The summed E-state index contributed by atoms with van der Waals surface area (Å²) in [5, 5.41) is 20.2. The smallest absolute Gasteiger partial charge is 0.236 e. The molecular formula is C11H11N3O2S. The average molecular weight is 249 g/mol. The van der Waals surface area contributed by atoms with Crippen molar-refractivity contribution >= 4 is 28.5 Å². The standard InChI is InChI=1S/C11H11N3O2S/c1-7(8-2-4-9(15)5-3-8)13-14-11-12-10(16)6-17-11/h2-5,15H,6H2,1H3,(H,12,14,16). The summed E-state index contributed by atoms with van der Waals surface area (Å²) >= 11 is 1.33. The predicted molar refractivity (Wildman–Crippen MR) is 68.4 cm³/mol. The number of rotatable bonds is 2.